The van der Waals surface area contributed by atoms with Gasteiger partial charge in [0.05, 0.1) is 29.5 Å². The van der Waals surface area contributed by atoms with Crippen molar-refractivity contribution in [2.75, 3.05) is 18.6 Å². The zero-order valence-electron chi connectivity index (χ0n) is 11.7. The molecule has 2 heterocycles. The normalized spacial score (nSPS) is 13.6. The Labute approximate surface area is 149 Å². The molecule has 0 saturated heterocycles. The number of fused-ring (bicyclic) bond motifs is 1. The van der Waals surface area contributed by atoms with E-state index in [2.05, 4.69) is 43.5 Å². The second-order valence-corrected chi connectivity index (χ2v) is 6.79. The summed E-state index contributed by atoms with van der Waals surface area (Å²) in [6.45, 7) is 0.424. The maximum atomic E-state index is 12.2. The van der Waals surface area contributed by atoms with E-state index < -0.39 is 0 Å². The van der Waals surface area contributed by atoms with E-state index in [-0.39, 0.29) is 12.5 Å². The molecule has 114 valence electrons. The third kappa shape index (κ3) is 3.05. The summed E-state index contributed by atoms with van der Waals surface area (Å²) in [5.74, 6) is 1.20. The van der Waals surface area contributed by atoms with E-state index in [0.29, 0.717) is 23.7 Å². The molecule has 1 aromatic carbocycles. The van der Waals surface area contributed by atoms with Gasteiger partial charge in [-0.05, 0) is 50.7 Å². The quantitative estimate of drug-likeness (QED) is 0.640. The number of benzene rings is 1. The van der Waals surface area contributed by atoms with Crippen LogP contribution in [0.1, 0.15) is 5.69 Å². The minimum atomic E-state index is -0.0998. The molecule has 2 aromatic rings. The largest absolute Gasteiger partial charge is 0.495 e. The van der Waals surface area contributed by atoms with Crippen molar-refractivity contribution in [1.29, 1.82) is 0 Å². The number of hydrogen-bond acceptors (Lipinski definition) is 4. The van der Waals surface area contributed by atoms with E-state index >= 15 is 0 Å². The van der Waals surface area contributed by atoms with E-state index in [1.165, 1.54) is 0 Å². The molecule has 1 aliphatic heterocycles. The van der Waals surface area contributed by atoms with Crippen LogP contribution in [0.5, 0.6) is 11.5 Å². The van der Waals surface area contributed by atoms with Crippen molar-refractivity contribution in [2.24, 2.45) is 0 Å². The number of anilines is 1. The predicted octanol–water partition coefficient (Wildman–Crippen LogP) is 3.38. The van der Waals surface area contributed by atoms with Crippen LogP contribution >= 0.6 is 38.5 Å². The summed E-state index contributed by atoms with van der Waals surface area (Å²) in [6, 6.07) is 7.50. The van der Waals surface area contributed by atoms with E-state index in [4.69, 9.17) is 9.47 Å². The highest BCUT2D eigenvalue weighted by molar-refractivity contribution is 14.1. The molecular formula is C15H12BrIN2O3. The van der Waals surface area contributed by atoms with Crippen molar-refractivity contribution in [3.63, 3.8) is 0 Å². The van der Waals surface area contributed by atoms with Gasteiger partial charge in [-0.1, -0.05) is 0 Å². The van der Waals surface area contributed by atoms with Crippen molar-refractivity contribution in [3.8, 4) is 11.5 Å². The number of nitrogens with zero attached hydrogens (tertiary/aromatic N) is 2. The Balaban J connectivity index is 1.98. The summed E-state index contributed by atoms with van der Waals surface area (Å²) in [6.07, 6.45) is 1.78. The number of pyridine rings is 1. The highest BCUT2D eigenvalue weighted by Crippen LogP contribution is 2.40. The Morgan fingerprint density at radius 1 is 1.45 bits per heavy atom. The van der Waals surface area contributed by atoms with Crippen LogP contribution in [0.15, 0.2) is 34.9 Å². The van der Waals surface area contributed by atoms with Gasteiger partial charge in [-0.2, -0.15) is 0 Å². The van der Waals surface area contributed by atoms with Crippen LogP contribution in [0.25, 0.3) is 0 Å². The van der Waals surface area contributed by atoms with Crippen molar-refractivity contribution < 1.29 is 14.3 Å². The molecule has 0 spiro atoms. The molecule has 0 unspecified atom stereocenters. The first kappa shape index (κ1) is 15.5. The Morgan fingerprint density at radius 2 is 2.27 bits per heavy atom. The SMILES string of the molecule is COc1cc2c(cc1Br)OCC(=O)N2Cc1ccc(I)cn1. The zero-order chi connectivity index (χ0) is 15.7. The van der Waals surface area contributed by atoms with Gasteiger partial charge < -0.3 is 9.47 Å². The molecule has 7 heteroatoms. The third-order valence-electron chi connectivity index (χ3n) is 3.29. The molecule has 0 saturated carbocycles. The van der Waals surface area contributed by atoms with Crippen LogP contribution in [-0.2, 0) is 11.3 Å². The lowest BCUT2D eigenvalue weighted by Crippen LogP contribution is -2.38. The van der Waals surface area contributed by atoms with Gasteiger partial charge in [-0.25, -0.2) is 0 Å². The molecule has 0 N–H and O–H groups in total. The fourth-order valence-electron chi connectivity index (χ4n) is 2.19. The van der Waals surface area contributed by atoms with Crippen molar-refractivity contribution in [3.05, 3.63) is 44.2 Å². The fraction of sp³-hybridized carbons (Fsp3) is 0.200. The average molecular weight is 475 g/mol. The number of carbonyl (C=O) groups is 1. The number of halogens is 2. The van der Waals surface area contributed by atoms with Crippen molar-refractivity contribution in [2.45, 2.75) is 6.54 Å². The molecule has 22 heavy (non-hydrogen) atoms. The summed E-state index contributed by atoms with van der Waals surface area (Å²) in [7, 11) is 1.59. The molecule has 0 bridgehead atoms. The van der Waals surface area contributed by atoms with Crippen molar-refractivity contribution in [1.82, 2.24) is 4.98 Å². The summed E-state index contributed by atoms with van der Waals surface area (Å²) < 4.78 is 12.7. The Kier molecular flexibility index (Phi) is 4.53. The second kappa shape index (κ2) is 6.41. The van der Waals surface area contributed by atoms with Gasteiger partial charge in [0.25, 0.3) is 5.91 Å². The van der Waals surface area contributed by atoms with Gasteiger partial charge in [0.1, 0.15) is 11.5 Å². The number of carbonyl (C=O) groups excluding carboxylic acids is 1. The maximum Gasteiger partial charge on any atom is 0.265 e. The molecule has 1 aromatic heterocycles. The van der Waals surface area contributed by atoms with Crippen LogP contribution in [0, 0.1) is 3.57 Å². The summed E-state index contributed by atoms with van der Waals surface area (Å²) >= 11 is 5.62. The Hall–Kier alpha value is -1.35. The Morgan fingerprint density at radius 3 is 2.95 bits per heavy atom. The lowest BCUT2D eigenvalue weighted by atomic mass is 10.2. The number of amides is 1. The number of ether oxygens (including phenoxy) is 2. The molecule has 1 aliphatic rings. The van der Waals surface area contributed by atoms with Gasteiger partial charge in [0.15, 0.2) is 6.61 Å². The van der Waals surface area contributed by atoms with Gasteiger partial charge in [0.2, 0.25) is 0 Å². The minimum absolute atomic E-state index is 0.0239. The van der Waals surface area contributed by atoms with Gasteiger partial charge >= 0.3 is 0 Å². The number of hydrogen-bond donors (Lipinski definition) is 0. The topological polar surface area (TPSA) is 51.7 Å². The summed E-state index contributed by atoms with van der Waals surface area (Å²) in [5, 5.41) is 0. The highest BCUT2D eigenvalue weighted by Gasteiger charge is 2.27. The van der Waals surface area contributed by atoms with Crippen LogP contribution in [-0.4, -0.2) is 24.6 Å². The van der Waals surface area contributed by atoms with Crippen LogP contribution < -0.4 is 14.4 Å². The highest BCUT2D eigenvalue weighted by atomic mass is 127. The lowest BCUT2D eigenvalue weighted by molar-refractivity contribution is -0.121. The second-order valence-electron chi connectivity index (χ2n) is 4.69. The minimum Gasteiger partial charge on any atom is -0.495 e. The van der Waals surface area contributed by atoms with Gasteiger partial charge in [-0.15, -0.1) is 0 Å². The first-order chi connectivity index (χ1) is 10.6. The standard InChI is InChI=1S/C15H12BrIN2O3/c1-21-13-5-12-14(4-11(13)16)22-8-15(20)19(12)7-10-3-2-9(17)6-18-10/h2-6H,7-8H2,1H3. The molecule has 0 radical (unpaired) electrons. The van der Waals surface area contributed by atoms with Gasteiger partial charge in [0, 0.05) is 21.9 Å². The molecular weight excluding hydrogens is 463 g/mol. The monoisotopic (exact) mass is 474 g/mol. The molecule has 1 amide bonds. The lowest BCUT2D eigenvalue weighted by Gasteiger charge is -2.29. The van der Waals surface area contributed by atoms with E-state index in [1.54, 1.807) is 24.3 Å². The van der Waals surface area contributed by atoms with E-state index in [9.17, 15) is 4.79 Å². The fourth-order valence-corrected chi connectivity index (χ4v) is 3.00. The van der Waals surface area contributed by atoms with Crippen LogP contribution in [0.2, 0.25) is 0 Å². The van der Waals surface area contributed by atoms with Gasteiger partial charge in [-0.3, -0.25) is 14.7 Å². The molecule has 0 atom stereocenters. The molecule has 0 aliphatic carbocycles. The molecule has 3 rings (SSSR count). The smallest absolute Gasteiger partial charge is 0.265 e. The maximum absolute atomic E-state index is 12.2. The predicted molar refractivity (Wildman–Crippen MR) is 94.3 cm³/mol. The number of aromatic nitrogens is 1. The molecule has 0 fully saturated rings. The van der Waals surface area contributed by atoms with E-state index in [1.807, 2.05) is 18.2 Å². The third-order valence-corrected chi connectivity index (χ3v) is 4.54. The number of methoxy groups -OCH3 is 1. The number of rotatable bonds is 3. The first-order valence-electron chi connectivity index (χ1n) is 6.49. The average Bonchev–Trinajstić information content (AvgIpc) is 2.52. The first-order valence-corrected chi connectivity index (χ1v) is 8.37. The van der Waals surface area contributed by atoms with Crippen molar-refractivity contribution >= 4 is 50.1 Å². The summed E-state index contributed by atoms with van der Waals surface area (Å²) in [5.41, 5.74) is 1.51. The summed E-state index contributed by atoms with van der Waals surface area (Å²) in [4.78, 5) is 18.3. The van der Waals surface area contributed by atoms with Crippen LogP contribution in [0.3, 0.4) is 0 Å². The Bertz CT molecular complexity index is 721. The van der Waals surface area contributed by atoms with E-state index in [0.717, 1.165) is 13.7 Å². The molecule has 5 nitrogen and oxygen atoms in total. The zero-order valence-corrected chi connectivity index (χ0v) is 15.4. The van der Waals surface area contributed by atoms with Crippen LogP contribution in [0.4, 0.5) is 5.69 Å².